The SMILES string of the molecule is CCC1CCC(C)N1c1c(F)cc(C#N)cc1F. The number of anilines is 1. The molecule has 2 rings (SSSR count). The average Bonchev–Trinajstić information content (AvgIpc) is 2.70. The number of hydrogen-bond acceptors (Lipinski definition) is 2. The molecule has 0 saturated carbocycles. The maximum Gasteiger partial charge on any atom is 0.150 e. The summed E-state index contributed by atoms with van der Waals surface area (Å²) in [5.41, 5.74) is 0.0412. The number of halogens is 2. The van der Waals surface area contributed by atoms with Gasteiger partial charge in [-0.05, 0) is 38.3 Å². The Bertz CT molecular complexity index is 470. The van der Waals surface area contributed by atoms with E-state index in [0.29, 0.717) is 0 Å². The summed E-state index contributed by atoms with van der Waals surface area (Å²) >= 11 is 0. The highest BCUT2D eigenvalue weighted by atomic mass is 19.1. The predicted octanol–water partition coefficient (Wildman–Crippen LogP) is 3.60. The number of benzene rings is 1. The van der Waals surface area contributed by atoms with Crippen LogP contribution < -0.4 is 4.90 Å². The molecule has 0 radical (unpaired) electrons. The van der Waals surface area contributed by atoms with Gasteiger partial charge in [0.15, 0.2) is 11.6 Å². The largest absolute Gasteiger partial charge is 0.361 e. The molecule has 0 aromatic heterocycles. The number of rotatable bonds is 2. The zero-order valence-corrected chi connectivity index (χ0v) is 10.6. The van der Waals surface area contributed by atoms with Crippen LogP contribution >= 0.6 is 0 Å². The van der Waals surface area contributed by atoms with Gasteiger partial charge in [0.2, 0.25) is 0 Å². The van der Waals surface area contributed by atoms with Crippen LogP contribution in [0.3, 0.4) is 0 Å². The lowest BCUT2D eigenvalue weighted by Crippen LogP contribution is -2.35. The molecule has 1 aromatic carbocycles. The molecule has 96 valence electrons. The van der Waals surface area contributed by atoms with Crippen LogP contribution in [0.2, 0.25) is 0 Å². The summed E-state index contributed by atoms with van der Waals surface area (Å²) in [4.78, 5) is 1.83. The first-order valence-corrected chi connectivity index (χ1v) is 6.26. The third-order valence-corrected chi connectivity index (χ3v) is 3.66. The fraction of sp³-hybridized carbons (Fsp3) is 0.500. The van der Waals surface area contributed by atoms with Crippen LogP contribution in [-0.2, 0) is 0 Å². The Kier molecular flexibility index (Phi) is 3.51. The normalized spacial score (nSPS) is 23.2. The predicted molar refractivity (Wildman–Crippen MR) is 66.3 cm³/mol. The van der Waals surface area contributed by atoms with Gasteiger partial charge in [-0.15, -0.1) is 0 Å². The van der Waals surface area contributed by atoms with Crippen molar-refractivity contribution in [3.8, 4) is 6.07 Å². The fourth-order valence-corrected chi connectivity index (χ4v) is 2.75. The molecule has 1 aliphatic heterocycles. The number of nitrogens with zero attached hydrogens (tertiary/aromatic N) is 2. The Hall–Kier alpha value is -1.63. The second-order valence-corrected chi connectivity index (χ2v) is 4.80. The molecule has 0 bridgehead atoms. The summed E-state index contributed by atoms with van der Waals surface area (Å²) in [5.74, 6) is -1.28. The molecule has 2 atom stereocenters. The van der Waals surface area contributed by atoms with Crippen molar-refractivity contribution < 1.29 is 8.78 Å². The molecule has 1 aliphatic rings. The highest BCUT2D eigenvalue weighted by Gasteiger charge is 2.33. The molecular weight excluding hydrogens is 234 g/mol. The quantitative estimate of drug-likeness (QED) is 0.801. The minimum atomic E-state index is -0.640. The second kappa shape index (κ2) is 4.93. The first kappa shape index (κ1) is 12.8. The number of nitriles is 1. The second-order valence-electron chi connectivity index (χ2n) is 4.80. The van der Waals surface area contributed by atoms with Crippen LogP contribution in [0.4, 0.5) is 14.5 Å². The van der Waals surface area contributed by atoms with E-state index in [-0.39, 0.29) is 23.3 Å². The first-order valence-electron chi connectivity index (χ1n) is 6.26. The van der Waals surface area contributed by atoms with Gasteiger partial charge in [0.05, 0.1) is 11.6 Å². The van der Waals surface area contributed by atoms with Gasteiger partial charge in [0.1, 0.15) is 5.69 Å². The van der Waals surface area contributed by atoms with E-state index in [1.165, 1.54) is 0 Å². The lowest BCUT2D eigenvalue weighted by molar-refractivity contribution is 0.542. The van der Waals surface area contributed by atoms with Crippen molar-refractivity contribution in [1.29, 1.82) is 5.26 Å². The van der Waals surface area contributed by atoms with Gasteiger partial charge in [-0.2, -0.15) is 5.26 Å². The van der Waals surface area contributed by atoms with Crippen LogP contribution in [0.15, 0.2) is 12.1 Å². The first-order chi connectivity index (χ1) is 8.58. The minimum Gasteiger partial charge on any atom is -0.361 e. The Morgan fingerprint density at radius 1 is 1.33 bits per heavy atom. The molecule has 1 aromatic rings. The van der Waals surface area contributed by atoms with E-state index in [4.69, 9.17) is 5.26 Å². The summed E-state index contributed by atoms with van der Waals surface area (Å²) in [6, 6.07) is 4.29. The zero-order valence-electron chi connectivity index (χ0n) is 10.6. The summed E-state index contributed by atoms with van der Waals surface area (Å²) in [6.07, 6.45) is 2.76. The average molecular weight is 250 g/mol. The summed E-state index contributed by atoms with van der Waals surface area (Å²) in [5, 5.41) is 8.70. The van der Waals surface area contributed by atoms with Crippen molar-refractivity contribution in [3.63, 3.8) is 0 Å². The van der Waals surface area contributed by atoms with E-state index < -0.39 is 11.6 Å². The monoisotopic (exact) mass is 250 g/mol. The summed E-state index contributed by atoms with van der Waals surface area (Å²) < 4.78 is 28.0. The molecule has 0 N–H and O–H groups in total. The Morgan fingerprint density at radius 3 is 2.44 bits per heavy atom. The molecule has 1 heterocycles. The van der Waals surface area contributed by atoms with Gasteiger partial charge in [0, 0.05) is 12.1 Å². The van der Waals surface area contributed by atoms with Crippen LogP contribution in [0.1, 0.15) is 38.7 Å². The van der Waals surface area contributed by atoms with Crippen LogP contribution in [0.25, 0.3) is 0 Å². The lowest BCUT2D eigenvalue weighted by Gasteiger charge is -2.31. The van der Waals surface area contributed by atoms with Crippen LogP contribution in [0.5, 0.6) is 0 Å². The van der Waals surface area contributed by atoms with Gasteiger partial charge in [-0.25, -0.2) is 8.78 Å². The van der Waals surface area contributed by atoms with Crippen LogP contribution in [0, 0.1) is 23.0 Å². The Balaban J connectivity index is 2.47. The van der Waals surface area contributed by atoms with Gasteiger partial charge in [0.25, 0.3) is 0 Å². The van der Waals surface area contributed by atoms with E-state index in [1.54, 1.807) is 6.07 Å². The van der Waals surface area contributed by atoms with Gasteiger partial charge >= 0.3 is 0 Å². The van der Waals surface area contributed by atoms with E-state index in [2.05, 4.69) is 0 Å². The number of hydrogen-bond donors (Lipinski definition) is 0. The van der Waals surface area contributed by atoms with Crippen molar-refractivity contribution >= 4 is 5.69 Å². The van der Waals surface area contributed by atoms with Crippen LogP contribution in [-0.4, -0.2) is 12.1 Å². The topological polar surface area (TPSA) is 27.0 Å². The van der Waals surface area contributed by atoms with E-state index in [0.717, 1.165) is 31.4 Å². The molecule has 1 fully saturated rings. The third kappa shape index (κ3) is 2.05. The molecule has 1 saturated heterocycles. The molecule has 18 heavy (non-hydrogen) atoms. The molecule has 2 unspecified atom stereocenters. The van der Waals surface area contributed by atoms with E-state index in [1.807, 2.05) is 18.7 Å². The molecule has 2 nitrogen and oxygen atoms in total. The van der Waals surface area contributed by atoms with Crippen molar-refractivity contribution in [1.82, 2.24) is 0 Å². The minimum absolute atomic E-state index is 0.0193. The zero-order chi connectivity index (χ0) is 13.3. The van der Waals surface area contributed by atoms with Crippen molar-refractivity contribution in [2.75, 3.05) is 4.90 Å². The molecule has 0 amide bonds. The lowest BCUT2D eigenvalue weighted by atomic mass is 10.1. The standard InChI is InChI=1S/C14H16F2N2/c1-3-11-5-4-9(2)18(11)14-12(15)6-10(8-17)7-13(14)16/h6-7,9,11H,3-5H2,1-2H3. The maximum absolute atomic E-state index is 14.0. The van der Waals surface area contributed by atoms with Crippen molar-refractivity contribution in [2.24, 2.45) is 0 Å². The highest BCUT2D eigenvalue weighted by molar-refractivity contribution is 5.55. The van der Waals surface area contributed by atoms with E-state index >= 15 is 0 Å². The molecule has 0 spiro atoms. The smallest absolute Gasteiger partial charge is 0.150 e. The van der Waals surface area contributed by atoms with Gasteiger partial charge in [-0.1, -0.05) is 6.92 Å². The maximum atomic E-state index is 14.0. The molecule has 4 heteroatoms. The molecule has 0 aliphatic carbocycles. The van der Waals surface area contributed by atoms with Gasteiger partial charge in [-0.3, -0.25) is 0 Å². The Morgan fingerprint density at radius 2 is 1.94 bits per heavy atom. The third-order valence-electron chi connectivity index (χ3n) is 3.66. The molecular formula is C14H16F2N2. The van der Waals surface area contributed by atoms with E-state index in [9.17, 15) is 8.78 Å². The summed E-state index contributed by atoms with van der Waals surface area (Å²) in [7, 11) is 0. The fourth-order valence-electron chi connectivity index (χ4n) is 2.75. The Labute approximate surface area is 106 Å². The van der Waals surface area contributed by atoms with Gasteiger partial charge < -0.3 is 4.90 Å². The van der Waals surface area contributed by atoms with Crippen molar-refractivity contribution in [3.05, 3.63) is 29.3 Å². The highest BCUT2D eigenvalue weighted by Crippen LogP contribution is 2.35. The summed E-state index contributed by atoms with van der Waals surface area (Å²) in [6.45, 7) is 4.00. The van der Waals surface area contributed by atoms with Crippen molar-refractivity contribution in [2.45, 2.75) is 45.2 Å².